The van der Waals surface area contributed by atoms with Crippen molar-refractivity contribution in [3.05, 3.63) is 52.6 Å². The first kappa shape index (κ1) is 23.7. The highest BCUT2D eigenvalue weighted by Gasteiger charge is 2.38. The fourth-order valence-corrected chi connectivity index (χ4v) is 6.07. The van der Waals surface area contributed by atoms with Crippen LogP contribution in [0.2, 0.25) is 0 Å². The van der Waals surface area contributed by atoms with Crippen molar-refractivity contribution in [2.75, 3.05) is 19.5 Å². The number of ether oxygens (including phenoxy) is 3. The largest absolute Gasteiger partial charge is 0.493 e. The van der Waals surface area contributed by atoms with Gasteiger partial charge in [-0.25, -0.2) is 4.79 Å². The van der Waals surface area contributed by atoms with Crippen LogP contribution in [0.3, 0.4) is 0 Å². The molecule has 3 aliphatic rings. The molecule has 1 fully saturated rings. The molecule has 1 N–H and O–H groups in total. The number of rotatable bonds is 4. The topological polar surface area (TPSA) is 91.5 Å². The van der Waals surface area contributed by atoms with Crippen molar-refractivity contribution in [2.24, 2.45) is 5.16 Å². The molecule has 37 heavy (non-hydrogen) atoms. The van der Waals surface area contributed by atoms with Crippen molar-refractivity contribution in [3.63, 3.8) is 0 Å². The SMILES string of the molecule is COc1ccc(NC(=O)O/N=c2/oc3cc4c(cc3c3c2CCC3)CCC2(CCCCC2)O4)cc1OC. The highest BCUT2D eigenvalue weighted by Crippen LogP contribution is 2.43. The Balaban J connectivity index is 1.28. The van der Waals surface area contributed by atoms with Gasteiger partial charge in [0, 0.05) is 28.8 Å². The number of hydrogen-bond donors (Lipinski definition) is 1. The van der Waals surface area contributed by atoms with Gasteiger partial charge in [0.25, 0.3) is 5.55 Å². The first-order chi connectivity index (χ1) is 18.1. The number of nitrogens with one attached hydrogen (secondary N) is 1. The number of nitrogens with zero attached hydrogens (tertiary/aromatic N) is 1. The fourth-order valence-electron chi connectivity index (χ4n) is 6.07. The van der Waals surface area contributed by atoms with Crippen LogP contribution in [-0.4, -0.2) is 25.9 Å². The number of methoxy groups -OCH3 is 2. The minimum Gasteiger partial charge on any atom is -0.493 e. The van der Waals surface area contributed by atoms with E-state index in [2.05, 4.69) is 16.5 Å². The van der Waals surface area contributed by atoms with Crippen molar-refractivity contribution in [2.45, 2.75) is 69.8 Å². The van der Waals surface area contributed by atoms with Gasteiger partial charge in [-0.3, -0.25) is 10.2 Å². The van der Waals surface area contributed by atoms with Gasteiger partial charge in [-0.2, -0.15) is 0 Å². The van der Waals surface area contributed by atoms with Crippen LogP contribution in [0.25, 0.3) is 11.0 Å². The summed E-state index contributed by atoms with van der Waals surface area (Å²) in [6.45, 7) is 0. The molecule has 1 aromatic heterocycles. The first-order valence-electron chi connectivity index (χ1n) is 13.1. The fraction of sp³-hybridized carbons (Fsp3) is 0.448. The lowest BCUT2D eigenvalue weighted by atomic mass is 9.79. The summed E-state index contributed by atoms with van der Waals surface area (Å²) in [5, 5.41) is 7.90. The zero-order chi connectivity index (χ0) is 25.4. The second-order valence-corrected chi connectivity index (χ2v) is 10.2. The summed E-state index contributed by atoms with van der Waals surface area (Å²) in [4.78, 5) is 17.7. The normalized spacial score (nSPS) is 18.2. The molecule has 3 aromatic rings. The van der Waals surface area contributed by atoms with Gasteiger partial charge in [-0.1, -0.05) is 6.42 Å². The third kappa shape index (κ3) is 4.49. The summed E-state index contributed by atoms with van der Waals surface area (Å²) >= 11 is 0. The highest BCUT2D eigenvalue weighted by molar-refractivity contribution is 5.85. The van der Waals surface area contributed by atoms with Crippen molar-refractivity contribution in [1.82, 2.24) is 0 Å². The van der Waals surface area contributed by atoms with E-state index in [1.165, 1.54) is 37.5 Å². The number of benzene rings is 2. The summed E-state index contributed by atoms with van der Waals surface area (Å²) in [7, 11) is 3.09. The first-order valence-corrected chi connectivity index (χ1v) is 13.1. The van der Waals surface area contributed by atoms with E-state index in [4.69, 9.17) is 23.5 Å². The molecular formula is C29H32N2O6. The number of carbonyl (C=O) groups excluding carboxylic acids is 1. The Hall–Kier alpha value is -3.68. The molecule has 8 heteroatoms. The van der Waals surface area contributed by atoms with Crippen molar-refractivity contribution in [3.8, 4) is 17.2 Å². The Bertz CT molecular complexity index is 1420. The molecule has 2 heterocycles. The Morgan fingerprint density at radius 3 is 2.54 bits per heavy atom. The second kappa shape index (κ2) is 9.65. The number of hydrogen-bond acceptors (Lipinski definition) is 7. The smallest absolute Gasteiger partial charge is 0.437 e. The maximum atomic E-state index is 12.5. The predicted molar refractivity (Wildman–Crippen MR) is 138 cm³/mol. The minimum atomic E-state index is -0.720. The monoisotopic (exact) mass is 504 g/mol. The number of carbonyl (C=O) groups is 1. The summed E-state index contributed by atoms with van der Waals surface area (Å²) in [6, 6.07) is 9.31. The number of fused-ring (bicyclic) bond motifs is 4. The Morgan fingerprint density at radius 2 is 1.73 bits per heavy atom. The average molecular weight is 505 g/mol. The average Bonchev–Trinajstić information content (AvgIpc) is 3.42. The molecule has 1 aliphatic heterocycles. The standard InChI is InChI=1S/C29H32N2O6/c1-33-23-10-9-19(16-26(23)34-2)30-28(32)37-31-27-21-8-6-7-20(21)22-15-18-11-14-29(12-4-3-5-13-29)36-24(18)17-25(22)35-27/h9-10,15-17H,3-8,11-14H2,1-2H3,(H,30,32)/b31-27+. The maximum absolute atomic E-state index is 12.5. The Kier molecular flexibility index (Phi) is 6.18. The van der Waals surface area contributed by atoms with Gasteiger partial charge in [0.15, 0.2) is 11.5 Å². The van der Waals surface area contributed by atoms with E-state index in [1.54, 1.807) is 25.3 Å². The van der Waals surface area contributed by atoms with Gasteiger partial charge < -0.3 is 18.6 Å². The molecule has 1 spiro atoms. The zero-order valence-corrected chi connectivity index (χ0v) is 21.4. The number of aryl methyl sites for hydroxylation is 2. The van der Waals surface area contributed by atoms with Gasteiger partial charge in [0.2, 0.25) is 0 Å². The van der Waals surface area contributed by atoms with E-state index in [1.807, 2.05) is 6.07 Å². The van der Waals surface area contributed by atoms with E-state index in [9.17, 15) is 4.79 Å². The van der Waals surface area contributed by atoms with Crippen LogP contribution in [0.4, 0.5) is 10.5 Å². The molecule has 194 valence electrons. The van der Waals surface area contributed by atoms with Crippen LogP contribution in [0.1, 0.15) is 61.6 Å². The second-order valence-electron chi connectivity index (χ2n) is 10.2. The molecular weight excluding hydrogens is 472 g/mol. The van der Waals surface area contributed by atoms with Crippen LogP contribution in [-0.2, 0) is 24.1 Å². The summed E-state index contributed by atoms with van der Waals surface area (Å²) < 4.78 is 23.4. The lowest BCUT2D eigenvalue weighted by Gasteiger charge is -2.41. The van der Waals surface area contributed by atoms with Gasteiger partial charge in [0.1, 0.15) is 16.9 Å². The van der Waals surface area contributed by atoms with Gasteiger partial charge in [-0.05, 0) is 92.3 Å². The van der Waals surface area contributed by atoms with Crippen LogP contribution in [0.5, 0.6) is 17.2 Å². The quantitative estimate of drug-likeness (QED) is 0.345. The van der Waals surface area contributed by atoms with Gasteiger partial charge >= 0.3 is 6.09 Å². The summed E-state index contributed by atoms with van der Waals surface area (Å²) in [5.41, 5.74) is 5.01. The Morgan fingerprint density at radius 1 is 0.919 bits per heavy atom. The summed E-state index contributed by atoms with van der Waals surface area (Å²) in [5.74, 6) is 1.98. The van der Waals surface area contributed by atoms with Crippen LogP contribution in [0.15, 0.2) is 39.9 Å². The maximum Gasteiger partial charge on any atom is 0.437 e. The third-order valence-electron chi connectivity index (χ3n) is 7.95. The zero-order valence-electron chi connectivity index (χ0n) is 21.4. The molecule has 2 aromatic carbocycles. The molecule has 6 rings (SSSR count). The Labute approximate surface area is 215 Å². The lowest BCUT2D eigenvalue weighted by molar-refractivity contribution is 0.0109. The molecule has 1 saturated carbocycles. The highest BCUT2D eigenvalue weighted by atomic mass is 16.7. The van der Waals surface area contributed by atoms with E-state index >= 15 is 0 Å². The van der Waals surface area contributed by atoms with E-state index in [-0.39, 0.29) is 5.60 Å². The van der Waals surface area contributed by atoms with E-state index in [0.717, 1.165) is 67.2 Å². The molecule has 8 nitrogen and oxygen atoms in total. The van der Waals surface area contributed by atoms with Crippen molar-refractivity contribution < 1.29 is 28.3 Å². The molecule has 0 atom stereocenters. The number of anilines is 1. The van der Waals surface area contributed by atoms with Gasteiger partial charge in [0.05, 0.1) is 14.2 Å². The van der Waals surface area contributed by atoms with Gasteiger partial charge in [-0.15, -0.1) is 0 Å². The predicted octanol–water partition coefficient (Wildman–Crippen LogP) is 6.03. The summed E-state index contributed by atoms with van der Waals surface area (Å²) in [6.07, 6.45) is 10.2. The van der Waals surface area contributed by atoms with Crippen LogP contribution < -0.4 is 25.1 Å². The van der Waals surface area contributed by atoms with E-state index in [0.29, 0.717) is 22.7 Å². The molecule has 0 bridgehead atoms. The van der Waals surface area contributed by atoms with Crippen LogP contribution in [0, 0.1) is 0 Å². The van der Waals surface area contributed by atoms with Crippen molar-refractivity contribution >= 4 is 22.7 Å². The third-order valence-corrected chi connectivity index (χ3v) is 7.95. The molecule has 0 radical (unpaired) electrons. The van der Waals surface area contributed by atoms with Crippen molar-refractivity contribution in [1.29, 1.82) is 0 Å². The number of amides is 1. The molecule has 0 saturated heterocycles. The molecule has 1 amide bonds. The molecule has 2 aliphatic carbocycles. The molecule has 0 unspecified atom stereocenters. The minimum absolute atomic E-state index is 0.0335. The lowest BCUT2D eigenvalue weighted by Crippen LogP contribution is -2.41. The van der Waals surface area contributed by atoms with E-state index < -0.39 is 6.09 Å². The van der Waals surface area contributed by atoms with Crippen LogP contribution >= 0.6 is 0 Å².